The molecule has 0 aliphatic heterocycles. The van der Waals surface area contributed by atoms with E-state index in [4.69, 9.17) is 0 Å². The molecule has 0 bridgehead atoms. The van der Waals surface area contributed by atoms with Crippen molar-refractivity contribution >= 4 is 6.29 Å². The molecule has 4 nitrogen and oxygen atoms in total. The van der Waals surface area contributed by atoms with Gasteiger partial charge in [-0.3, -0.25) is 4.79 Å². The molecule has 0 aliphatic rings. The van der Waals surface area contributed by atoms with Gasteiger partial charge in [-0.05, 0) is 18.7 Å². The minimum atomic E-state index is -0.975. The lowest BCUT2D eigenvalue weighted by Gasteiger charge is -2.17. The molecular formula is C11H15NO3. The summed E-state index contributed by atoms with van der Waals surface area (Å²) < 4.78 is 0. The van der Waals surface area contributed by atoms with E-state index in [1.54, 1.807) is 31.3 Å². The predicted molar refractivity (Wildman–Crippen MR) is 56.7 cm³/mol. The van der Waals surface area contributed by atoms with Crippen LogP contribution in [0, 0.1) is 0 Å². The average molecular weight is 209 g/mol. The Hall–Kier alpha value is -1.23. The lowest BCUT2D eigenvalue weighted by atomic mass is 10.0. The molecule has 0 heterocycles. The molecule has 3 N–H and O–H groups in total. The molecule has 2 unspecified atom stereocenters. The maximum atomic E-state index is 10.5. The summed E-state index contributed by atoms with van der Waals surface area (Å²) in [7, 11) is 1.69. The van der Waals surface area contributed by atoms with Gasteiger partial charge in [-0.25, -0.2) is 0 Å². The van der Waals surface area contributed by atoms with Crippen LogP contribution in [0.5, 0.6) is 0 Å². The monoisotopic (exact) mass is 209 g/mol. The van der Waals surface area contributed by atoms with E-state index in [1.165, 1.54) is 0 Å². The molecule has 0 amide bonds. The molecule has 82 valence electrons. The Balaban J connectivity index is 2.80. The molecule has 15 heavy (non-hydrogen) atoms. The van der Waals surface area contributed by atoms with Gasteiger partial charge in [-0.2, -0.15) is 0 Å². The number of rotatable bonds is 5. The topological polar surface area (TPSA) is 69.6 Å². The zero-order valence-electron chi connectivity index (χ0n) is 8.55. The minimum absolute atomic E-state index is 0.298. The lowest BCUT2D eigenvalue weighted by molar-refractivity contribution is 0.0202. The number of likely N-dealkylation sites (N-methyl/N-ethyl adjacent to an activating group) is 1. The van der Waals surface area contributed by atoms with Crippen LogP contribution in [0.3, 0.4) is 0 Å². The van der Waals surface area contributed by atoms with Crippen LogP contribution in [0.15, 0.2) is 24.3 Å². The Bertz CT molecular complexity index is 327. The van der Waals surface area contributed by atoms with E-state index in [0.717, 1.165) is 0 Å². The Kier molecular flexibility index (Phi) is 4.42. The van der Waals surface area contributed by atoms with E-state index >= 15 is 0 Å². The van der Waals surface area contributed by atoms with Gasteiger partial charge < -0.3 is 15.5 Å². The second-order valence-electron chi connectivity index (χ2n) is 3.36. The standard InChI is InChI=1S/C11H15NO3/c1-12-6-10(14)11(15)9-4-2-3-8(5-9)7-13/h2-5,7,10-12,14-15H,6H2,1H3. The third kappa shape index (κ3) is 3.13. The molecule has 0 radical (unpaired) electrons. The number of nitrogens with one attached hydrogen (secondary N) is 1. The van der Waals surface area contributed by atoms with Gasteiger partial charge in [-0.1, -0.05) is 18.2 Å². The van der Waals surface area contributed by atoms with Crippen molar-refractivity contribution in [1.82, 2.24) is 5.32 Å². The number of aliphatic hydroxyl groups is 2. The van der Waals surface area contributed by atoms with Crippen LogP contribution < -0.4 is 5.32 Å². The van der Waals surface area contributed by atoms with E-state index in [9.17, 15) is 15.0 Å². The number of hydrogen-bond acceptors (Lipinski definition) is 4. The molecular weight excluding hydrogens is 194 g/mol. The first-order chi connectivity index (χ1) is 7.19. The Morgan fingerprint density at radius 1 is 1.47 bits per heavy atom. The predicted octanol–water partition coefficient (Wildman–Crippen LogP) is 0.113. The summed E-state index contributed by atoms with van der Waals surface area (Å²) in [5.41, 5.74) is 1.03. The molecule has 2 atom stereocenters. The van der Waals surface area contributed by atoms with Crippen molar-refractivity contribution in [1.29, 1.82) is 0 Å². The van der Waals surface area contributed by atoms with E-state index in [1.807, 2.05) is 0 Å². The van der Waals surface area contributed by atoms with Crippen molar-refractivity contribution in [2.75, 3.05) is 13.6 Å². The number of aldehydes is 1. The molecule has 0 saturated heterocycles. The summed E-state index contributed by atoms with van der Waals surface area (Å²) in [5, 5.41) is 22.0. The Labute approximate surface area is 88.6 Å². The normalized spacial score (nSPS) is 14.6. The molecule has 0 saturated carbocycles. The van der Waals surface area contributed by atoms with Gasteiger partial charge in [0.2, 0.25) is 0 Å². The largest absolute Gasteiger partial charge is 0.389 e. The number of aliphatic hydroxyl groups excluding tert-OH is 2. The summed E-state index contributed by atoms with van der Waals surface area (Å²) in [6.45, 7) is 0.298. The van der Waals surface area contributed by atoms with Crippen LogP contribution >= 0.6 is 0 Å². The highest BCUT2D eigenvalue weighted by Gasteiger charge is 2.17. The first-order valence-corrected chi connectivity index (χ1v) is 4.75. The average Bonchev–Trinajstić information content (AvgIpc) is 2.28. The van der Waals surface area contributed by atoms with Crippen LogP contribution in [0.25, 0.3) is 0 Å². The summed E-state index contributed by atoms with van der Waals surface area (Å²) in [6, 6.07) is 6.56. The summed E-state index contributed by atoms with van der Waals surface area (Å²) in [4.78, 5) is 10.5. The van der Waals surface area contributed by atoms with E-state index in [2.05, 4.69) is 5.32 Å². The van der Waals surface area contributed by atoms with Crippen LogP contribution in [0.1, 0.15) is 22.0 Å². The summed E-state index contributed by atoms with van der Waals surface area (Å²) in [5.74, 6) is 0. The van der Waals surface area contributed by atoms with Crippen LogP contribution in [-0.4, -0.2) is 36.2 Å². The quantitative estimate of drug-likeness (QED) is 0.602. The highest BCUT2D eigenvalue weighted by atomic mass is 16.3. The van der Waals surface area contributed by atoms with Gasteiger partial charge >= 0.3 is 0 Å². The van der Waals surface area contributed by atoms with Crippen molar-refractivity contribution in [2.24, 2.45) is 0 Å². The highest BCUT2D eigenvalue weighted by molar-refractivity contribution is 5.74. The van der Waals surface area contributed by atoms with Crippen LogP contribution in [0.4, 0.5) is 0 Å². The van der Waals surface area contributed by atoms with Gasteiger partial charge in [0, 0.05) is 12.1 Å². The zero-order chi connectivity index (χ0) is 11.3. The van der Waals surface area contributed by atoms with Gasteiger partial charge in [0.25, 0.3) is 0 Å². The van der Waals surface area contributed by atoms with E-state index < -0.39 is 12.2 Å². The van der Waals surface area contributed by atoms with E-state index in [0.29, 0.717) is 24.0 Å². The SMILES string of the molecule is CNCC(O)C(O)c1cccc(C=O)c1. The molecule has 1 aromatic rings. The van der Waals surface area contributed by atoms with Crippen molar-refractivity contribution in [3.63, 3.8) is 0 Å². The highest BCUT2D eigenvalue weighted by Crippen LogP contribution is 2.17. The number of carbonyl (C=O) groups excluding carboxylic acids is 1. The second kappa shape index (κ2) is 5.60. The van der Waals surface area contributed by atoms with Crippen molar-refractivity contribution in [3.05, 3.63) is 35.4 Å². The third-order valence-corrected chi connectivity index (χ3v) is 2.17. The van der Waals surface area contributed by atoms with Gasteiger partial charge in [-0.15, -0.1) is 0 Å². The Morgan fingerprint density at radius 3 is 2.80 bits per heavy atom. The van der Waals surface area contributed by atoms with E-state index in [-0.39, 0.29) is 0 Å². The smallest absolute Gasteiger partial charge is 0.150 e. The molecule has 0 spiro atoms. The van der Waals surface area contributed by atoms with Crippen molar-refractivity contribution < 1.29 is 15.0 Å². The molecule has 1 aromatic carbocycles. The second-order valence-corrected chi connectivity index (χ2v) is 3.36. The minimum Gasteiger partial charge on any atom is -0.389 e. The van der Waals surface area contributed by atoms with Crippen LogP contribution in [-0.2, 0) is 0 Å². The third-order valence-electron chi connectivity index (χ3n) is 2.17. The fraction of sp³-hybridized carbons (Fsp3) is 0.364. The molecule has 1 rings (SSSR count). The number of hydrogen-bond donors (Lipinski definition) is 3. The van der Waals surface area contributed by atoms with Crippen molar-refractivity contribution in [2.45, 2.75) is 12.2 Å². The molecule has 0 fully saturated rings. The fourth-order valence-corrected chi connectivity index (χ4v) is 1.36. The zero-order valence-corrected chi connectivity index (χ0v) is 8.55. The summed E-state index contributed by atoms with van der Waals surface area (Å²) in [6.07, 6.45) is -1.14. The first kappa shape index (κ1) is 11.8. The molecule has 0 aromatic heterocycles. The molecule has 0 aliphatic carbocycles. The summed E-state index contributed by atoms with van der Waals surface area (Å²) >= 11 is 0. The van der Waals surface area contributed by atoms with Crippen molar-refractivity contribution in [3.8, 4) is 0 Å². The Morgan fingerprint density at radius 2 is 2.20 bits per heavy atom. The van der Waals surface area contributed by atoms with Gasteiger partial charge in [0.1, 0.15) is 12.4 Å². The number of carbonyl (C=O) groups is 1. The fourth-order valence-electron chi connectivity index (χ4n) is 1.36. The molecule has 4 heteroatoms. The maximum absolute atomic E-state index is 10.5. The lowest BCUT2D eigenvalue weighted by Crippen LogP contribution is -2.29. The van der Waals surface area contributed by atoms with Gasteiger partial charge in [0.15, 0.2) is 0 Å². The van der Waals surface area contributed by atoms with Crippen LogP contribution in [0.2, 0.25) is 0 Å². The van der Waals surface area contributed by atoms with Gasteiger partial charge in [0.05, 0.1) is 6.10 Å². The number of benzene rings is 1. The first-order valence-electron chi connectivity index (χ1n) is 4.75. The maximum Gasteiger partial charge on any atom is 0.150 e.